The zero-order valence-corrected chi connectivity index (χ0v) is 11.1. The van der Waals surface area contributed by atoms with Gasteiger partial charge < -0.3 is 10.6 Å². The Hall–Kier alpha value is -1.36. The third-order valence-corrected chi connectivity index (χ3v) is 3.48. The second-order valence-corrected chi connectivity index (χ2v) is 4.96. The molecule has 18 heavy (non-hydrogen) atoms. The quantitative estimate of drug-likeness (QED) is 0.847. The van der Waals surface area contributed by atoms with Crippen molar-refractivity contribution < 1.29 is 4.79 Å². The first-order valence-corrected chi connectivity index (χ1v) is 6.77. The predicted molar refractivity (Wildman–Crippen MR) is 70.6 cm³/mol. The molecular formula is C13H22N4O. The summed E-state index contributed by atoms with van der Waals surface area (Å²) in [5.74, 6) is -0.0770. The van der Waals surface area contributed by atoms with E-state index in [0.29, 0.717) is 11.7 Å². The molecule has 0 radical (unpaired) electrons. The summed E-state index contributed by atoms with van der Waals surface area (Å²) in [6.45, 7) is 6.07. The first-order chi connectivity index (χ1) is 8.70. The van der Waals surface area contributed by atoms with Gasteiger partial charge in [-0.2, -0.15) is 5.10 Å². The minimum absolute atomic E-state index is 0.0770. The van der Waals surface area contributed by atoms with Crippen molar-refractivity contribution in [2.24, 2.45) is 0 Å². The molecule has 1 aliphatic rings. The van der Waals surface area contributed by atoms with E-state index >= 15 is 0 Å². The summed E-state index contributed by atoms with van der Waals surface area (Å²) in [4.78, 5) is 11.9. The molecule has 0 saturated carbocycles. The topological polar surface area (TPSA) is 59.0 Å². The van der Waals surface area contributed by atoms with E-state index in [0.717, 1.165) is 25.9 Å². The van der Waals surface area contributed by atoms with Crippen molar-refractivity contribution in [3.63, 3.8) is 0 Å². The molecule has 5 nitrogen and oxygen atoms in total. The first-order valence-electron chi connectivity index (χ1n) is 6.77. The van der Waals surface area contributed by atoms with Crippen LogP contribution in [0.2, 0.25) is 0 Å². The minimum atomic E-state index is -0.0770. The van der Waals surface area contributed by atoms with Crippen LogP contribution < -0.4 is 10.6 Å². The Kier molecular flexibility index (Phi) is 4.36. The molecule has 0 aliphatic carbocycles. The second kappa shape index (κ2) is 6.00. The van der Waals surface area contributed by atoms with Crippen LogP contribution in [0.5, 0.6) is 0 Å². The number of hydrogen-bond acceptors (Lipinski definition) is 3. The van der Waals surface area contributed by atoms with Crippen molar-refractivity contribution in [2.75, 3.05) is 13.1 Å². The smallest absolute Gasteiger partial charge is 0.271 e. The van der Waals surface area contributed by atoms with Gasteiger partial charge >= 0.3 is 0 Å². The highest BCUT2D eigenvalue weighted by atomic mass is 16.2. The Balaban J connectivity index is 1.98. The molecule has 1 aromatic rings. The van der Waals surface area contributed by atoms with Crippen LogP contribution in [0.3, 0.4) is 0 Å². The molecule has 2 N–H and O–H groups in total. The van der Waals surface area contributed by atoms with Crippen LogP contribution in [-0.4, -0.2) is 34.8 Å². The van der Waals surface area contributed by atoms with Crippen LogP contribution in [0.25, 0.3) is 0 Å². The molecule has 1 amide bonds. The van der Waals surface area contributed by atoms with Crippen LogP contribution in [0.4, 0.5) is 0 Å². The van der Waals surface area contributed by atoms with Crippen molar-refractivity contribution in [2.45, 2.75) is 45.2 Å². The zero-order valence-electron chi connectivity index (χ0n) is 11.1. The number of hydrogen-bond donors (Lipinski definition) is 2. The van der Waals surface area contributed by atoms with Crippen LogP contribution in [-0.2, 0) is 0 Å². The first kappa shape index (κ1) is 13.1. The Labute approximate surface area is 108 Å². The van der Waals surface area contributed by atoms with Crippen molar-refractivity contribution >= 4 is 5.91 Å². The molecule has 2 heterocycles. The van der Waals surface area contributed by atoms with E-state index in [1.54, 1.807) is 6.07 Å². The van der Waals surface area contributed by atoms with Gasteiger partial charge in [0.1, 0.15) is 5.69 Å². The molecular weight excluding hydrogens is 228 g/mol. The number of piperidine rings is 1. The molecule has 0 bridgehead atoms. The van der Waals surface area contributed by atoms with Crippen molar-refractivity contribution in [3.05, 3.63) is 18.0 Å². The molecule has 1 aliphatic heterocycles. The summed E-state index contributed by atoms with van der Waals surface area (Å²) in [7, 11) is 0. The fourth-order valence-electron chi connectivity index (χ4n) is 2.12. The largest absolute Gasteiger partial charge is 0.348 e. The van der Waals surface area contributed by atoms with E-state index in [9.17, 15) is 4.79 Å². The molecule has 2 unspecified atom stereocenters. The third kappa shape index (κ3) is 3.10. The zero-order chi connectivity index (χ0) is 13.0. The third-order valence-electron chi connectivity index (χ3n) is 3.48. The lowest BCUT2D eigenvalue weighted by molar-refractivity contribution is 0.0933. The van der Waals surface area contributed by atoms with Crippen molar-refractivity contribution in [3.8, 4) is 0 Å². The van der Waals surface area contributed by atoms with E-state index in [-0.39, 0.29) is 11.9 Å². The standard InChI is InChI=1S/C13H22N4O/c1-3-10(2)15-13(18)12-6-8-17(16-12)11-5-4-7-14-9-11/h6,8,10-11,14H,3-5,7,9H2,1-2H3,(H,15,18). The average Bonchev–Trinajstić information content (AvgIpc) is 2.89. The summed E-state index contributed by atoms with van der Waals surface area (Å²) >= 11 is 0. The minimum Gasteiger partial charge on any atom is -0.348 e. The highest BCUT2D eigenvalue weighted by Gasteiger charge is 2.18. The van der Waals surface area contributed by atoms with Gasteiger partial charge in [0, 0.05) is 18.8 Å². The van der Waals surface area contributed by atoms with Gasteiger partial charge in [0.25, 0.3) is 5.91 Å². The maximum Gasteiger partial charge on any atom is 0.271 e. The Morgan fingerprint density at radius 2 is 2.56 bits per heavy atom. The molecule has 1 aromatic heterocycles. The lowest BCUT2D eigenvalue weighted by Crippen LogP contribution is -2.33. The average molecular weight is 250 g/mol. The van der Waals surface area contributed by atoms with Crippen LogP contribution in [0, 0.1) is 0 Å². The van der Waals surface area contributed by atoms with Gasteiger partial charge in [0.15, 0.2) is 0 Å². The highest BCUT2D eigenvalue weighted by Crippen LogP contribution is 2.15. The number of aromatic nitrogens is 2. The van der Waals surface area contributed by atoms with Gasteiger partial charge in [-0.25, -0.2) is 0 Å². The Morgan fingerprint density at radius 1 is 1.72 bits per heavy atom. The molecule has 2 atom stereocenters. The van der Waals surface area contributed by atoms with Gasteiger partial charge in [-0.3, -0.25) is 9.48 Å². The van der Waals surface area contributed by atoms with Gasteiger partial charge in [-0.15, -0.1) is 0 Å². The number of rotatable bonds is 4. The normalized spacial score (nSPS) is 21.6. The summed E-state index contributed by atoms with van der Waals surface area (Å²) in [5, 5.41) is 10.7. The Bertz CT molecular complexity index is 395. The van der Waals surface area contributed by atoms with Gasteiger partial charge in [-0.1, -0.05) is 6.92 Å². The van der Waals surface area contributed by atoms with Crippen LogP contribution >= 0.6 is 0 Å². The summed E-state index contributed by atoms with van der Waals surface area (Å²) in [6, 6.07) is 2.37. The van der Waals surface area contributed by atoms with Gasteiger partial charge in [0.05, 0.1) is 6.04 Å². The molecule has 2 rings (SSSR count). The SMILES string of the molecule is CCC(C)NC(=O)c1ccn(C2CCCNC2)n1. The second-order valence-electron chi connectivity index (χ2n) is 4.96. The number of carbonyl (C=O) groups is 1. The maximum atomic E-state index is 11.9. The molecule has 0 spiro atoms. The van der Waals surface area contributed by atoms with E-state index in [2.05, 4.69) is 22.7 Å². The molecule has 1 saturated heterocycles. The molecule has 1 fully saturated rings. The van der Waals surface area contributed by atoms with E-state index in [1.165, 1.54) is 6.42 Å². The number of carbonyl (C=O) groups excluding carboxylic acids is 1. The summed E-state index contributed by atoms with van der Waals surface area (Å²) < 4.78 is 1.91. The molecule has 100 valence electrons. The van der Waals surface area contributed by atoms with Crippen LogP contribution in [0.15, 0.2) is 12.3 Å². The molecule has 0 aromatic carbocycles. The number of nitrogens with zero attached hydrogens (tertiary/aromatic N) is 2. The summed E-state index contributed by atoms with van der Waals surface area (Å²) in [6.07, 6.45) is 5.13. The van der Waals surface area contributed by atoms with E-state index in [4.69, 9.17) is 0 Å². The maximum absolute atomic E-state index is 11.9. The monoisotopic (exact) mass is 250 g/mol. The van der Waals surface area contributed by atoms with Crippen molar-refractivity contribution in [1.29, 1.82) is 0 Å². The lowest BCUT2D eigenvalue weighted by atomic mass is 10.1. The number of nitrogens with one attached hydrogen (secondary N) is 2. The fourth-order valence-corrected chi connectivity index (χ4v) is 2.12. The predicted octanol–water partition coefficient (Wildman–Crippen LogP) is 1.34. The summed E-state index contributed by atoms with van der Waals surface area (Å²) in [5.41, 5.74) is 0.515. The van der Waals surface area contributed by atoms with E-state index in [1.807, 2.05) is 17.8 Å². The lowest BCUT2D eigenvalue weighted by Gasteiger charge is -2.22. The van der Waals surface area contributed by atoms with Gasteiger partial charge in [-0.05, 0) is 38.8 Å². The van der Waals surface area contributed by atoms with Crippen molar-refractivity contribution in [1.82, 2.24) is 20.4 Å². The fraction of sp³-hybridized carbons (Fsp3) is 0.692. The highest BCUT2D eigenvalue weighted by molar-refractivity contribution is 5.92. The van der Waals surface area contributed by atoms with E-state index < -0.39 is 0 Å². The number of amides is 1. The van der Waals surface area contributed by atoms with Gasteiger partial charge in [0.2, 0.25) is 0 Å². The molecule has 5 heteroatoms. The van der Waals surface area contributed by atoms with Crippen LogP contribution in [0.1, 0.15) is 49.6 Å². The Morgan fingerprint density at radius 3 is 3.22 bits per heavy atom.